The highest BCUT2D eigenvalue weighted by Gasteiger charge is 2.06. The van der Waals surface area contributed by atoms with E-state index in [9.17, 15) is 0 Å². The van der Waals surface area contributed by atoms with Gasteiger partial charge in [0.2, 0.25) is 5.95 Å². The van der Waals surface area contributed by atoms with Gasteiger partial charge in [0.1, 0.15) is 6.07 Å². The number of nitrogens with zero attached hydrogens (tertiary/aromatic N) is 4. The van der Waals surface area contributed by atoms with Gasteiger partial charge >= 0.3 is 0 Å². The molecule has 118 valence electrons. The molecule has 0 saturated heterocycles. The molecule has 3 rings (SSSR count). The summed E-state index contributed by atoms with van der Waals surface area (Å²) in [5.41, 5.74) is 3.00. The first-order valence-corrected chi connectivity index (χ1v) is 7.52. The summed E-state index contributed by atoms with van der Waals surface area (Å²) in [5, 5.41) is 23.8. The molecule has 2 aromatic carbocycles. The summed E-state index contributed by atoms with van der Waals surface area (Å²) in [7, 11) is 0. The van der Waals surface area contributed by atoms with Crippen molar-refractivity contribution < 1.29 is 0 Å². The zero-order chi connectivity index (χ0) is 16.9. The zero-order valence-corrected chi connectivity index (χ0v) is 13.5. The van der Waals surface area contributed by atoms with Crippen LogP contribution >= 0.6 is 11.6 Å². The van der Waals surface area contributed by atoms with Crippen molar-refractivity contribution in [3.8, 4) is 6.07 Å². The van der Waals surface area contributed by atoms with E-state index in [-0.39, 0.29) is 0 Å². The normalized spacial score (nSPS) is 10.0. The molecule has 0 saturated carbocycles. The Morgan fingerprint density at radius 3 is 2.75 bits per heavy atom. The van der Waals surface area contributed by atoms with E-state index < -0.39 is 0 Å². The first kappa shape index (κ1) is 15.7. The highest BCUT2D eigenvalue weighted by atomic mass is 35.5. The average molecular weight is 337 g/mol. The molecule has 0 aliphatic carbocycles. The lowest BCUT2D eigenvalue weighted by Crippen LogP contribution is -2.03. The van der Waals surface area contributed by atoms with Crippen LogP contribution < -0.4 is 10.6 Å². The van der Waals surface area contributed by atoms with Crippen LogP contribution in [0.15, 0.2) is 48.7 Å². The van der Waals surface area contributed by atoms with E-state index in [0.29, 0.717) is 28.0 Å². The van der Waals surface area contributed by atoms with E-state index in [0.717, 1.165) is 11.3 Å². The van der Waals surface area contributed by atoms with Crippen molar-refractivity contribution >= 4 is 34.7 Å². The van der Waals surface area contributed by atoms with Crippen molar-refractivity contribution in [2.24, 2.45) is 0 Å². The maximum Gasteiger partial charge on any atom is 0.249 e. The summed E-state index contributed by atoms with van der Waals surface area (Å²) in [6.07, 6.45) is 1.49. The third-order valence-corrected chi connectivity index (χ3v) is 3.55. The number of aryl methyl sites for hydroxylation is 1. The maximum atomic E-state index is 9.14. The Hall–Kier alpha value is -3.17. The zero-order valence-electron chi connectivity index (χ0n) is 12.8. The standard InChI is InChI=1S/C17H13ClN6/c1-11-6-7-13(18)8-15(11)22-17-23-16(10-20-24-17)21-14-5-3-2-4-12(14)9-19/h2-8,10H,1H3,(H2,21,22,23,24). The van der Waals surface area contributed by atoms with Gasteiger partial charge in [-0.2, -0.15) is 15.3 Å². The van der Waals surface area contributed by atoms with Gasteiger partial charge in [-0.15, -0.1) is 5.10 Å². The van der Waals surface area contributed by atoms with E-state index in [1.165, 1.54) is 6.20 Å². The Kier molecular flexibility index (Phi) is 4.54. The van der Waals surface area contributed by atoms with E-state index in [1.807, 2.05) is 25.1 Å². The fourth-order valence-corrected chi connectivity index (χ4v) is 2.27. The fraction of sp³-hybridized carbons (Fsp3) is 0.0588. The van der Waals surface area contributed by atoms with Gasteiger partial charge in [0.25, 0.3) is 0 Å². The Morgan fingerprint density at radius 2 is 1.92 bits per heavy atom. The van der Waals surface area contributed by atoms with Crippen molar-refractivity contribution in [3.63, 3.8) is 0 Å². The predicted octanol–water partition coefficient (Wildman–Crippen LogP) is 4.19. The summed E-state index contributed by atoms with van der Waals surface area (Å²) in [6.45, 7) is 1.96. The Morgan fingerprint density at radius 1 is 1.08 bits per heavy atom. The molecule has 0 amide bonds. The van der Waals surface area contributed by atoms with E-state index in [2.05, 4.69) is 31.9 Å². The molecule has 0 unspecified atom stereocenters. The van der Waals surface area contributed by atoms with Crippen LogP contribution in [0.5, 0.6) is 0 Å². The van der Waals surface area contributed by atoms with Crippen LogP contribution in [0.2, 0.25) is 5.02 Å². The number of para-hydroxylation sites is 1. The molecular weight excluding hydrogens is 324 g/mol. The van der Waals surface area contributed by atoms with Crippen LogP contribution in [0, 0.1) is 18.3 Å². The molecule has 0 bridgehead atoms. The molecule has 0 fully saturated rings. The molecule has 0 spiro atoms. The van der Waals surface area contributed by atoms with Crippen LogP contribution in [0.25, 0.3) is 0 Å². The van der Waals surface area contributed by atoms with E-state index >= 15 is 0 Å². The quantitative estimate of drug-likeness (QED) is 0.742. The van der Waals surface area contributed by atoms with Crippen molar-refractivity contribution in [1.29, 1.82) is 5.26 Å². The molecule has 0 atom stereocenters. The first-order valence-electron chi connectivity index (χ1n) is 7.15. The van der Waals surface area contributed by atoms with Crippen LogP contribution in [0.3, 0.4) is 0 Å². The monoisotopic (exact) mass is 336 g/mol. The largest absolute Gasteiger partial charge is 0.338 e. The van der Waals surface area contributed by atoms with Crippen molar-refractivity contribution in [2.75, 3.05) is 10.6 Å². The molecule has 0 aliphatic heterocycles. The average Bonchev–Trinajstić information content (AvgIpc) is 2.59. The van der Waals surface area contributed by atoms with E-state index in [1.54, 1.807) is 24.3 Å². The molecule has 0 aliphatic rings. The van der Waals surface area contributed by atoms with Crippen LogP contribution in [-0.2, 0) is 0 Å². The number of hydrogen-bond donors (Lipinski definition) is 2. The number of aromatic nitrogens is 3. The molecule has 7 heteroatoms. The highest BCUT2D eigenvalue weighted by Crippen LogP contribution is 2.23. The lowest BCUT2D eigenvalue weighted by Gasteiger charge is -2.10. The molecule has 1 aromatic heterocycles. The first-order chi connectivity index (χ1) is 11.7. The summed E-state index contributed by atoms with van der Waals surface area (Å²) < 4.78 is 0. The second-order valence-corrected chi connectivity index (χ2v) is 5.47. The minimum atomic E-state index is 0.333. The lowest BCUT2D eigenvalue weighted by molar-refractivity contribution is 0.981. The number of anilines is 4. The second kappa shape index (κ2) is 6.94. The lowest BCUT2D eigenvalue weighted by atomic mass is 10.2. The minimum Gasteiger partial charge on any atom is -0.338 e. The molecule has 2 N–H and O–H groups in total. The molecule has 3 aromatic rings. The van der Waals surface area contributed by atoms with Gasteiger partial charge < -0.3 is 10.6 Å². The van der Waals surface area contributed by atoms with Crippen LogP contribution in [0.4, 0.5) is 23.1 Å². The van der Waals surface area contributed by atoms with E-state index in [4.69, 9.17) is 16.9 Å². The molecule has 24 heavy (non-hydrogen) atoms. The number of nitrogens with one attached hydrogen (secondary N) is 2. The second-order valence-electron chi connectivity index (χ2n) is 5.03. The number of halogens is 1. The third kappa shape index (κ3) is 3.59. The van der Waals surface area contributed by atoms with Gasteiger partial charge in [-0.05, 0) is 36.8 Å². The van der Waals surface area contributed by atoms with Gasteiger partial charge in [0.15, 0.2) is 5.82 Å². The molecule has 6 nitrogen and oxygen atoms in total. The minimum absolute atomic E-state index is 0.333. The third-order valence-electron chi connectivity index (χ3n) is 3.32. The fourth-order valence-electron chi connectivity index (χ4n) is 2.09. The van der Waals surface area contributed by atoms with Crippen molar-refractivity contribution in [2.45, 2.75) is 6.92 Å². The molecule has 0 radical (unpaired) electrons. The van der Waals surface area contributed by atoms with Gasteiger partial charge in [-0.1, -0.05) is 29.8 Å². The maximum absolute atomic E-state index is 9.14. The van der Waals surface area contributed by atoms with Gasteiger partial charge in [0, 0.05) is 10.7 Å². The molecule has 1 heterocycles. The predicted molar refractivity (Wildman–Crippen MR) is 93.7 cm³/mol. The Bertz CT molecular complexity index is 919. The summed E-state index contributed by atoms with van der Waals surface area (Å²) in [6, 6.07) is 14.8. The number of benzene rings is 2. The SMILES string of the molecule is Cc1ccc(Cl)cc1Nc1nncc(Nc2ccccc2C#N)n1. The number of hydrogen-bond acceptors (Lipinski definition) is 6. The number of nitriles is 1. The van der Waals surface area contributed by atoms with Crippen LogP contribution in [-0.4, -0.2) is 15.2 Å². The Labute approximate surface area is 144 Å². The topological polar surface area (TPSA) is 86.5 Å². The van der Waals surface area contributed by atoms with Gasteiger partial charge in [-0.25, -0.2) is 0 Å². The Balaban J connectivity index is 1.84. The highest BCUT2D eigenvalue weighted by molar-refractivity contribution is 6.30. The summed E-state index contributed by atoms with van der Waals surface area (Å²) in [4.78, 5) is 4.36. The van der Waals surface area contributed by atoms with Gasteiger partial charge in [-0.3, -0.25) is 0 Å². The van der Waals surface area contributed by atoms with Crippen molar-refractivity contribution in [1.82, 2.24) is 15.2 Å². The summed E-state index contributed by atoms with van der Waals surface area (Å²) in [5.74, 6) is 0.815. The number of rotatable bonds is 4. The van der Waals surface area contributed by atoms with Crippen LogP contribution in [0.1, 0.15) is 11.1 Å². The molecular formula is C17H13ClN6. The van der Waals surface area contributed by atoms with Gasteiger partial charge in [0.05, 0.1) is 17.4 Å². The smallest absolute Gasteiger partial charge is 0.249 e. The summed E-state index contributed by atoms with van der Waals surface area (Å²) >= 11 is 6.02. The van der Waals surface area contributed by atoms with Crippen molar-refractivity contribution in [3.05, 3.63) is 64.8 Å².